The average Bonchev–Trinajstić information content (AvgIpc) is 3.06. The zero-order chi connectivity index (χ0) is 24.1. The zero-order valence-corrected chi connectivity index (χ0v) is 20.7. The Labute approximate surface area is 201 Å². The number of hydrogen-bond donors (Lipinski definition) is 1. The molecule has 33 heavy (non-hydrogen) atoms. The van der Waals surface area contributed by atoms with Crippen LogP contribution in [-0.4, -0.2) is 35.4 Å². The molecule has 0 bridgehead atoms. The lowest BCUT2D eigenvalue weighted by Crippen LogP contribution is -2.21. The molecule has 2 aromatic rings. The number of hydrogen-bond acceptors (Lipinski definition) is 5. The number of hydrazone groups is 1. The van der Waals surface area contributed by atoms with Gasteiger partial charge in [0.1, 0.15) is 0 Å². The summed E-state index contributed by atoms with van der Waals surface area (Å²) in [5.74, 6) is -0.0678. The number of carbonyl (C=O) groups is 2. The van der Waals surface area contributed by atoms with Crippen LogP contribution in [0.5, 0.6) is 11.5 Å². The smallest absolute Gasteiger partial charge is 0.335 e. The number of rotatable bonds is 9. The second kappa shape index (κ2) is 10.7. The van der Waals surface area contributed by atoms with Crippen molar-refractivity contribution in [2.75, 3.05) is 11.6 Å². The minimum absolute atomic E-state index is 0.0129. The van der Waals surface area contributed by atoms with Gasteiger partial charge in [-0.3, -0.25) is 4.79 Å². The van der Waals surface area contributed by atoms with Gasteiger partial charge in [0.25, 0.3) is 5.91 Å². The van der Waals surface area contributed by atoms with Crippen molar-refractivity contribution in [1.82, 2.24) is 0 Å². The van der Waals surface area contributed by atoms with E-state index in [-0.39, 0.29) is 17.6 Å². The standard InChI is InChI=1S/C25H27BrN2O5/c1-5-7-21-19(24(29)28(27-21)18-10-8-16(9-11-18)25(30)31)12-17-13-22(32-6-2)23(14-20(17)26)33-15(3)4/h8-15H,5-7H2,1-4H3,(H,30,31). The quantitative estimate of drug-likeness (QED) is 0.419. The molecule has 174 valence electrons. The molecule has 1 N–H and O–H groups in total. The summed E-state index contributed by atoms with van der Waals surface area (Å²) < 4.78 is 12.4. The molecule has 0 aromatic heterocycles. The predicted octanol–water partition coefficient (Wildman–Crippen LogP) is 5.92. The number of aromatic carboxylic acids is 1. The first-order chi connectivity index (χ1) is 15.7. The molecule has 1 amide bonds. The van der Waals surface area contributed by atoms with E-state index < -0.39 is 5.97 Å². The number of benzene rings is 2. The molecule has 1 aliphatic heterocycles. The SMILES string of the molecule is CCCC1=NN(c2ccc(C(=O)O)cc2)C(=O)C1=Cc1cc(OCC)c(OC(C)C)cc1Br. The maximum atomic E-state index is 13.3. The predicted molar refractivity (Wildman–Crippen MR) is 132 cm³/mol. The lowest BCUT2D eigenvalue weighted by molar-refractivity contribution is -0.114. The molecule has 2 aromatic carbocycles. The van der Waals surface area contributed by atoms with Gasteiger partial charge in [0.15, 0.2) is 11.5 Å². The molecule has 1 aliphatic rings. The van der Waals surface area contributed by atoms with E-state index in [0.29, 0.717) is 41.5 Å². The highest BCUT2D eigenvalue weighted by molar-refractivity contribution is 9.10. The number of amides is 1. The number of carbonyl (C=O) groups excluding carboxylic acids is 1. The molecule has 0 saturated carbocycles. The van der Waals surface area contributed by atoms with Gasteiger partial charge in [0.05, 0.1) is 35.2 Å². The minimum Gasteiger partial charge on any atom is -0.490 e. The van der Waals surface area contributed by atoms with Gasteiger partial charge in [-0.2, -0.15) is 10.1 Å². The molecular weight excluding hydrogens is 488 g/mol. The lowest BCUT2D eigenvalue weighted by Gasteiger charge is -2.16. The Morgan fingerprint density at radius 3 is 2.45 bits per heavy atom. The molecule has 0 radical (unpaired) electrons. The molecular formula is C25H27BrN2O5. The van der Waals surface area contributed by atoms with Crippen LogP contribution in [-0.2, 0) is 4.79 Å². The Balaban J connectivity index is 2.01. The fourth-order valence-corrected chi connectivity index (χ4v) is 3.81. The maximum Gasteiger partial charge on any atom is 0.335 e. The van der Waals surface area contributed by atoms with Crippen LogP contribution >= 0.6 is 15.9 Å². The zero-order valence-electron chi connectivity index (χ0n) is 19.1. The second-order valence-corrected chi connectivity index (χ2v) is 8.60. The number of ether oxygens (including phenoxy) is 2. The summed E-state index contributed by atoms with van der Waals surface area (Å²) >= 11 is 3.59. The Morgan fingerprint density at radius 2 is 1.88 bits per heavy atom. The van der Waals surface area contributed by atoms with Crippen molar-refractivity contribution in [2.24, 2.45) is 5.10 Å². The first-order valence-electron chi connectivity index (χ1n) is 10.9. The topological polar surface area (TPSA) is 88.4 Å². The number of nitrogens with zero attached hydrogens (tertiary/aromatic N) is 2. The van der Waals surface area contributed by atoms with Gasteiger partial charge >= 0.3 is 5.97 Å². The molecule has 0 spiro atoms. The van der Waals surface area contributed by atoms with E-state index in [1.54, 1.807) is 18.2 Å². The van der Waals surface area contributed by atoms with Crippen molar-refractivity contribution in [2.45, 2.75) is 46.6 Å². The molecule has 3 rings (SSSR count). The normalized spacial score (nSPS) is 14.7. The monoisotopic (exact) mass is 514 g/mol. The molecule has 8 heteroatoms. The molecule has 0 saturated heterocycles. The lowest BCUT2D eigenvalue weighted by atomic mass is 10.0. The van der Waals surface area contributed by atoms with Crippen molar-refractivity contribution in [1.29, 1.82) is 0 Å². The molecule has 0 fully saturated rings. The summed E-state index contributed by atoms with van der Waals surface area (Å²) in [4.78, 5) is 24.4. The third-order valence-corrected chi connectivity index (χ3v) is 5.51. The van der Waals surface area contributed by atoms with E-state index in [0.717, 1.165) is 16.5 Å². The second-order valence-electron chi connectivity index (χ2n) is 7.74. The van der Waals surface area contributed by atoms with E-state index >= 15 is 0 Å². The largest absolute Gasteiger partial charge is 0.490 e. The Bertz CT molecular complexity index is 1110. The number of halogens is 1. The average molecular weight is 515 g/mol. The van der Waals surface area contributed by atoms with Crippen molar-refractivity contribution in [3.63, 3.8) is 0 Å². The molecule has 7 nitrogen and oxygen atoms in total. The molecule has 0 aliphatic carbocycles. The van der Waals surface area contributed by atoms with Crippen molar-refractivity contribution >= 4 is 45.3 Å². The fraction of sp³-hybridized carbons (Fsp3) is 0.320. The first-order valence-corrected chi connectivity index (χ1v) is 11.6. The van der Waals surface area contributed by atoms with Crippen molar-refractivity contribution in [3.05, 3.63) is 57.6 Å². The minimum atomic E-state index is -1.02. The third-order valence-electron chi connectivity index (χ3n) is 4.83. The molecule has 0 atom stereocenters. The molecule has 1 heterocycles. The van der Waals surface area contributed by atoms with Gasteiger partial charge in [-0.1, -0.05) is 29.3 Å². The van der Waals surface area contributed by atoms with E-state index in [9.17, 15) is 9.59 Å². The summed E-state index contributed by atoms with van der Waals surface area (Å²) in [5, 5.41) is 15.0. The van der Waals surface area contributed by atoms with Gasteiger partial charge in [-0.05, 0) is 75.2 Å². The summed E-state index contributed by atoms with van der Waals surface area (Å²) in [6, 6.07) is 9.77. The van der Waals surface area contributed by atoms with Gasteiger partial charge in [0, 0.05) is 4.47 Å². The van der Waals surface area contributed by atoms with Crippen LogP contribution in [0.1, 0.15) is 56.5 Å². The van der Waals surface area contributed by atoms with Gasteiger partial charge < -0.3 is 14.6 Å². The van der Waals surface area contributed by atoms with E-state index in [1.807, 2.05) is 39.8 Å². The maximum absolute atomic E-state index is 13.3. The van der Waals surface area contributed by atoms with Gasteiger partial charge in [-0.15, -0.1) is 0 Å². The van der Waals surface area contributed by atoms with Crippen LogP contribution < -0.4 is 14.5 Å². The van der Waals surface area contributed by atoms with E-state index in [4.69, 9.17) is 14.6 Å². The molecule has 0 unspecified atom stereocenters. The van der Waals surface area contributed by atoms with Crippen molar-refractivity contribution < 1.29 is 24.2 Å². The highest BCUT2D eigenvalue weighted by Gasteiger charge is 2.31. The van der Waals surface area contributed by atoms with Crippen LogP contribution in [0.2, 0.25) is 0 Å². The van der Waals surface area contributed by atoms with E-state index in [2.05, 4.69) is 21.0 Å². The Morgan fingerprint density at radius 1 is 1.18 bits per heavy atom. The van der Waals surface area contributed by atoms with Crippen molar-refractivity contribution in [3.8, 4) is 11.5 Å². The van der Waals surface area contributed by atoms with Crippen LogP contribution in [0.4, 0.5) is 5.69 Å². The number of anilines is 1. The summed E-state index contributed by atoms with van der Waals surface area (Å²) in [5.41, 5.74) is 2.59. The van der Waals surface area contributed by atoms with Gasteiger partial charge in [0.2, 0.25) is 0 Å². The van der Waals surface area contributed by atoms with Crippen LogP contribution in [0, 0.1) is 0 Å². The van der Waals surface area contributed by atoms with E-state index in [1.165, 1.54) is 17.1 Å². The highest BCUT2D eigenvalue weighted by Crippen LogP contribution is 2.36. The highest BCUT2D eigenvalue weighted by atomic mass is 79.9. The third kappa shape index (κ3) is 5.63. The Hall–Kier alpha value is -3.13. The number of carboxylic acid groups (broad SMARTS) is 1. The first kappa shape index (κ1) is 24.5. The summed E-state index contributed by atoms with van der Waals surface area (Å²) in [7, 11) is 0. The number of carboxylic acids is 1. The van der Waals surface area contributed by atoms with Crippen LogP contribution in [0.25, 0.3) is 6.08 Å². The summed E-state index contributed by atoms with van der Waals surface area (Å²) in [6.07, 6.45) is 3.24. The van der Waals surface area contributed by atoms with Crippen LogP contribution in [0.3, 0.4) is 0 Å². The van der Waals surface area contributed by atoms with Crippen LogP contribution in [0.15, 0.2) is 51.5 Å². The fourth-order valence-electron chi connectivity index (χ4n) is 3.38. The summed E-state index contributed by atoms with van der Waals surface area (Å²) in [6.45, 7) is 8.30. The Kier molecular flexibility index (Phi) is 7.92. The van der Waals surface area contributed by atoms with Gasteiger partial charge in [-0.25, -0.2) is 4.79 Å².